The predicted molar refractivity (Wildman–Crippen MR) is 201 cm³/mol. The molecule has 0 bridgehead atoms. The number of aromatic nitrogens is 4. The van der Waals surface area contributed by atoms with Gasteiger partial charge in [-0.15, -0.1) is 0 Å². The molecule has 0 radical (unpaired) electrons. The van der Waals surface area contributed by atoms with E-state index in [0.717, 1.165) is 60.7 Å². The molecule has 1 aliphatic carbocycles. The van der Waals surface area contributed by atoms with E-state index in [1.54, 1.807) is 0 Å². The molecule has 2 aromatic heterocycles. The highest BCUT2D eigenvalue weighted by atomic mass is 19.4. The normalized spacial score (nSPS) is 15.1. The quantitative estimate of drug-likeness (QED) is 0.162. The summed E-state index contributed by atoms with van der Waals surface area (Å²) in [5, 5.41) is 0. The largest absolute Gasteiger partial charge is 0.417 e. The maximum atomic E-state index is 14.3. The number of benzene rings is 5. The van der Waals surface area contributed by atoms with Crippen LogP contribution in [-0.2, 0) is 18.5 Å². The summed E-state index contributed by atoms with van der Waals surface area (Å²) in [5.74, 6) is -2.08. The number of fused-ring (bicyclic) bond motifs is 2. The fraction of sp³-hybridized carbons (Fsp3) is 0.136. The van der Waals surface area contributed by atoms with E-state index in [1.807, 2.05) is 0 Å². The zero-order chi connectivity index (χ0) is 42.8. The van der Waals surface area contributed by atoms with Crippen LogP contribution in [0.3, 0.4) is 0 Å². The molecular weight excluding hydrogens is 812 g/mol. The Morgan fingerprint density at radius 1 is 0.417 bits per heavy atom. The van der Waals surface area contributed by atoms with Gasteiger partial charge in [0.2, 0.25) is 0 Å². The van der Waals surface area contributed by atoms with Crippen LogP contribution in [0.5, 0.6) is 0 Å². The van der Waals surface area contributed by atoms with Gasteiger partial charge in [0.25, 0.3) is 0 Å². The van der Waals surface area contributed by atoms with Gasteiger partial charge in [0.15, 0.2) is 0 Å². The molecule has 0 saturated heterocycles. The van der Waals surface area contributed by atoms with Crippen LogP contribution in [0.2, 0.25) is 0 Å². The van der Waals surface area contributed by atoms with Crippen LogP contribution in [0.1, 0.15) is 28.8 Å². The Morgan fingerprint density at radius 3 is 1.18 bits per heavy atom. The van der Waals surface area contributed by atoms with E-state index in [0.29, 0.717) is 11.1 Å². The molecule has 60 heavy (non-hydrogen) atoms. The van der Waals surface area contributed by atoms with Crippen molar-refractivity contribution < 1.29 is 52.7 Å². The Labute approximate surface area is 331 Å². The number of hydrogen-bond donors (Lipinski definition) is 0. The molecule has 304 valence electrons. The van der Waals surface area contributed by atoms with E-state index in [9.17, 15) is 52.7 Å². The number of nitrogens with zero attached hydrogens (tertiary/aromatic N) is 4. The maximum Gasteiger partial charge on any atom is 0.417 e. The third-order valence-electron chi connectivity index (χ3n) is 9.95. The highest BCUT2D eigenvalue weighted by molar-refractivity contribution is 5.93. The minimum Gasteiger partial charge on any atom is -0.244 e. The van der Waals surface area contributed by atoms with Gasteiger partial charge in [0.1, 0.15) is 0 Å². The first-order valence-corrected chi connectivity index (χ1v) is 17.9. The van der Waals surface area contributed by atoms with Crippen molar-refractivity contribution >= 4 is 27.6 Å². The summed E-state index contributed by atoms with van der Waals surface area (Å²) >= 11 is 0. The van der Waals surface area contributed by atoms with Crippen LogP contribution in [0.25, 0.3) is 72.5 Å². The van der Waals surface area contributed by atoms with Crippen LogP contribution in [0, 0.1) is 5.92 Å². The maximum absolute atomic E-state index is 14.3. The average molecular weight is 837 g/mol. The molecule has 7 aromatic rings. The monoisotopic (exact) mass is 836 g/mol. The van der Waals surface area contributed by atoms with Gasteiger partial charge >= 0.3 is 24.7 Å². The summed E-state index contributed by atoms with van der Waals surface area (Å²) in [4.78, 5) is 17.9. The van der Waals surface area contributed by atoms with E-state index in [1.165, 1.54) is 66.7 Å². The lowest BCUT2D eigenvalue weighted by Gasteiger charge is -2.25. The Morgan fingerprint density at radius 2 is 0.783 bits per heavy atom. The minimum atomic E-state index is -4.93. The number of rotatable bonds is 5. The van der Waals surface area contributed by atoms with E-state index < -0.39 is 93.2 Å². The molecule has 1 atom stereocenters. The lowest BCUT2D eigenvalue weighted by Crippen LogP contribution is -2.25. The molecule has 0 amide bonds. The molecule has 0 saturated carbocycles. The van der Waals surface area contributed by atoms with Gasteiger partial charge in [0.05, 0.1) is 67.5 Å². The molecule has 16 heteroatoms. The summed E-state index contributed by atoms with van der Waals surface area (Å²) in [7, 11) is 0. The highest BCUT2D eigenvalue weighted by Crippen LogP contribution is 2.47. The van der Waals surface area contributed by atoms with Gasteiger partial charge in [0, 0.05) is 16.7 Å². The first-order chi connectivity index (χ1) is 28.3. The van der Waals surface area contributed by atoms with Crippen LogP contribution in [-0.4, -0.2) is 26.1 Å². The molecule has 2 heterocycles. The third kappa shape index (κ3) is 7.57. The summed E-state index contributed by atoms with van der Waals surface area (Å²) in [6.07, 6.45) is -16.2. The van der Waals surface area contributed by atoms with Gasteiger partial charge in [-0.1, -0.05) is 85.0 Å². The average Bonchev–Trinajstić information content (AvgIpc) is 3.21. The van der Waals surface area contributed by atoms with E-state index in [4.69, 9.17) is 0 Å². The standard InChI is InChI=1S/C44H24F12N4/c45-41(46,47)29-13-5-1-9-25(29)37-39(27-11-3-7-15-31(27)43(51,52)53)59-35-21-23(17-19-33(35)57-37)24-18-20-34-36(22-24)60-40(28-12-4-8-16-32(28)44(54,55)56)38(58-34)26-10-2-6-14-30(26)42(48,49)50/h1-13,15-22,30H,14H2. The Hall–Kier alpha value is -6.58. The molecule has 0 N–H and O–H groups in total. The topological polar surface area (TPSA) is 51.6 Å². The first kappa shape index (κ1) is 40.2. The predicted octanol–water partition coefficient (Wildman–Crippen LogP) is 13.8. The Bertz CT molecular complexity index is 2870. The first-order valence-electron chi connectivity index (χ1n) is 17.9. The molecule has 8 rings (SSSR count). The van der Waals surface area contributed by atoms with Crippen molar-refractivity contribution in [3.63, 3.8) is 0 Å². The Kier molecular flexibility index (Phi) is 9.79. The van der Waals surface area contributed by atoms with Crippen molar-refractivity contribution in [1.29, 1.82) is 0 Å². The second kappa shape index (κ2) is 14.6. The van der Waals surface area contributed by atoms with Crippen molar-refractivity contribution in [2.45, 2.75) is 31.1 Å². The van der Waals surface area contributed by atoms with E-state index in [-0.39, 0.29) is 27.6 Å². The fourth-order valence-electron chi connectivity index (χ4n) is 7.23. The number of allylic oxidation sites excluding steroid dienone is 4. The summed E-state index contributed by atoms with van der Waals surface area (Å²) in [6, 6.07) is 21.4. The fourth-order valence-corrected chi connectivity index (χ4v) is 7.23. The van der Waals surface area contributed by atoms with E-state index in [2.05, 4.69) is 19.9 Å². The third-order valence-corrected chi connectivity index (χ3v) is 9.95. The zero-order valence-corrected chi connectivity index (χ0v) is 30.2. The molecular formula is C44H24F12N4. The highest BCUT2D eigenvalue weighted by Gasteiger charge is 2.44. The van der Waals surface area contributed by atoms with Crippen LogP contribution >= 0.6 is 0 Å². The van der Waals surface area contributed by atoms with Crippen molar-refractivity contribution in [3.8, 4) is 44.9 Å². The van der Waals surface area contributed by atoms with Crippen LogP contribution < -0.4 is 0 Å². The van der Waals surface area contributed by atoms with Gasteiger partial charge in [-0.25, -0.2) is 19.9 Å². The van der Waals surface area contributed by atoms with Gasteiger partial charge in [-0.2, -0.15) is 52.7 Å². The van der Waals surface area contributed by atoms with E-state index >= 15 is 0 Å². The number of alkyl halides is 12. The van der Waals surface area contributed by atoms with Crippen molar-refractivity contribution in [1.82, 2.24) is 19.9 Å². The van der Waals surface area contributed by atoms with Gasteiger partial charge in [-0.3, -0.25) is 0 Å². The molecule has 0 aliphatic heterocycles. The van der Waals surface area contributed by atoms with Crippen LogP contribution in [0.4, 0.5) is 52.7 Å². The summed E-state index contributed by atoms with van der Waals surface area (Å²) in [5.41, 5.74) is -6.49. The molecule has 4 nitrogen and oxygen atoms in total. The number of hydrogen-bond acceptors (Lipinski definition) is 4. The lowest BCUT2D eigenvalue weighted by atomic mass is 9.86. The molecule has 5 aromatic carbocycles. The smallest absolute Gasteiger partial charge is 0.244 e. The van der Waals surface area contributed by atoms with Gasteiger partial charge < -0.3 is 0 Å². The Balaban J connectivity index is 1.33. The summed E-state index contributed by atoms with van der Waals surface area (Å²) in [6.45, 7) is 0. The van der Waals surface area contributed by atoms with Gasteiger partial charge in [-0.05, 0) is 65.6 Å². The van der Waals surface area contributed by atoms with Crippen molar-refractivity contribution in [2.75, 3.05) is 0 Å². The van der Waals surface area contributed by atoms with Crippen molar-refractivity contribution in [3.05, 3.63) is 150 Å². The molecule has 1 aliphatic rings. The second-order valence-electron chi connectivity index (χ2n) is 13.8. The zero-order valence-electron chi connectivity index (χ0n) is 30.2. The second-order valence-corrected chi connectivity index (χ2v) is 13.8. The molecule has 0 fully saturated rings. The molecule has 1 unspecified atom stereocenters. The van der Waals surface area contributed by atoms with Crippen molar-refractivity contribution in [2.24, 2.45) is 5.92 Å². The summed E-state index contributed by atoms with van der Waals surface area (Å²) < 4.78 is 172. The SMILES string of the molecule is FC(F)(F)c1ccccc1-c1nc2cc(-c3ccc4nc(-c5ccccc5C(F)(F)F)c(-c5ccccc5C(F)(F)F)nc4c3)ccc2nc1C1=CC=CCC1C(F)(F)F. The number of halogens is 12. The molecule has 0 spiro atoms. The minimum absolute atomic E-state index is 0.0104. The van der Waals surface area contributed by atoms with Crippen LogP contribution in [0.15, 0.2) is 127 Å². The lowest BCUT2D eigenvalue weighted by molar-refractivity contribution is -0.157.